The number of hydrogen-bond donors (Lipinski definition) is 1. The Balaban J connectivity index is 1.90. The highest BCUT2D eigenvalue weighted by Gasteiger charge is 2.16. The number of carbonyl (C=O) groups is 1. The van der Waals surface area contributed by atoms with Crippen LogP contribution in [0.5, 0.6) is 5.75 Å². The topological polar surface area (TPSA) is 40.5 Å². The van der Waals surface area contributed by atoms with Crippen LogP contribution in [0.15, 0.2) is 72.8 Å². The Hall–Kier alpha value is -3.14. The van der Waals surface area contributed by atoms with E-state index in [1.165, 1.54) is 22.6 Å². The van der Waals surface area contributed by atoms with Gasteiger partial charge in [0.15, 0.2) is 0 Å². The number of hydrogen-bond acceptors (Lipinski definition) is 2. The van der Waals surface area contributed by atoms with Crippen LogP contribution in [0, 0.1) is 5.82 Å². The van der Waals surface area contributed by atoms with E-state index in [1.807, 2.05) is 49.4 Å². The van der Waals surface area contributed by atoms with Crippen molar-refractivity contribution in [2.24, 2.45) is 0 Å². The van der Waals surface area contributed by atoms with Crippen molar-refractivity contribution in [1.29, 1.82) is 0 Å². The van der Waals surface area contributed by atoms with Gasteiger partial charge in [0.1, 0.15) is 11.6 Å². The molecule has 0 aromatic heterocycles. The van der Waals surface area contributed by atoms with E-state index in [4.69, 9.17) is 0 Å². The van der Waals surface area contributed by atoms with Gasteiger partial charge in [0.05, 0.1) is 5.69 Å². The second kappa shape index (κ2) is 9.18. The van der Waals surface area contributed by atoms with E-state index in [0.717, 1.165) is 30.4 Å². The largest absolute Gasteiger partial charge is 0.506 e. The van der Waals surface area contributed by atoms with Gasteiger partial charge in [0.25, 0.3) is 0 Å². The molecule has 1 unspecified atom stereocenters. The van der Waals surface area contributed by atoms with Crippen LogP contribution in [-0.4, -0.2) is 18.1 Å². The van der Waals surface area contributed by atoms with Crippen LogP contribution in [0.1, 0.15) is 29.5 Å². The third kappa shape index (κ3) is 4.77. The highest BCUT2D eigenvalue weighted by atomic mass is 19.1. The molecule has 1 amide bonds. The normalized spacial score (nSPS) is 11.8. The summed E-state index contributed by atoms with van der Waals surface area (Å²) in [7, 11) is 0. The Bertz CT molecular complexity index is 910. The first-order chi connectivity index (χ1) is 13.6. The molecular weight excluding hydrogens is 353 g/mol. The minimum Gasteiger partial charge on any atom is -0.506 e. The van der Waals surface area contributed by atoms with Gasteiger partial charge in [-0.2, -0.15) is 0 Å². The summed E-state index contributed by atoms with van der Waals surface area (Å²) in [6, 6.07) is 22.2. The van der Waals surface area contributed by atoms with Crippen molar-refractivity contribution in [3.8, 4) is 5.75 Å². The van der Waals surface area contributed by atoms with E-state index in [1.54, 1.807) is 6.07 Å². The molecule has 3 nitrogen and oxygen atoms in total. The second-order valence-electron chi connectivity index (χ2n) is 6.86. The fourth-order valence-corrected chi connectivity index (χ4v) is 3.45. The average Bonchev–Trinajstić information content (AvgIpc) is 2.73. The Kier molecular flexibility index (Phi) is 6.43. The maximum absolute atomic E-state index is 13.3. The highest BCUT2D eigenvalue weighted by Crippen LogP contribution is 2.31. The molecule has 144 valence electrons. The van der Waals surface area contributed by atoms with Gasteiger partial charge in [-0.15, -0.1) is 0 Å². The van der Waals surface area contributed by atoms with E-state index in [2.05, 4.69) is 12.1 Å². The van der Waals surface area contributed by atoms with Crippen LogP contribution in [0.4, 0.5) is 10.1 Å². The van der Waals surface area contributed by atoms with Crippen molar-refractivity contribution >= 4 is 12.1 Å². The molecule has 0 aliphatic rings. The minimum absolute atomic E-state index is 0.0903. The van der Waals surface area contributed by atoms with Crippen molar-refractivity contribution in [3.63, 3.8) is 0 Å². The predicted octanol–water partition coefficient (Wildman–Crippen LogP) is 5.08. The lowest BCUT2D eigenvalue weighted by atomic mass is 9.86. The maximum Gasteiger partial charge on any atom is 0.214 e. The molecule has 0 saturated heterocycles. The fourth-order valence-electron chi connectivity index (χ4n) is 3.45. The number of amides is 1. The summed E-state index contributed by atoms with van der Waals surface area (Å²) >= 11 is 0. The van der Waals surface area contributed by atoms with Gasteiger partial charge in [-0.25, -0.2) is 4.39 Å². The van der Waals surface area contributed by atoms with Gasteiger partial charge < -0.3 is 10.0 Å². The molecule has 3 rings (SSSR count). The lowest BCUT2D eigenvalue weighted by Crippen LogP contribution is -2.20. The third-order valence-electron chi connectivity index (χ3n) is 4.97. The standard InChI is InChI=1S/C24H24FNO2/c1-2-26(17-27)23-16-19(10-13-24(23)28)15-21(20-6-4-3-5-7-20)14-18-8-11-22(25)12-9-18/h3-13,16-17,21,28H,2,14-15H2,1H3. The van der Waals surface area contributed by atoms with E-state index in [9.17, 15) is 14.3 Å². The van der Waals surface area contributed by atoms with E-state index < -0.39 is 0 Å². The van der Waals surface area contributed by atoms with Crippen LogP contribution in [0.3, 0.4) is 0 Å². The molecular formula is C24H24FNO2. The van der Waals surface area contributed by atoms with Gasteiger partial charge in [-0.3, -0.25) is 4.79 Å². The number of aromatic hydroxyl groups is 1. The van der Waals surface area contributed by atoms with Crippen LogP contribution < -0.4 is 4.90 Å². The zero-order chi connectivity index (χ0) is 19.9. The van der Waals surface area contributed by atoms with Crippen molar-refractivity contribution < 1.29 is 14.3 Å². The highest BCUT2D eigenvalue weighted by molar-refractivity contribution is 5.78. The number of nitrogens with zero attached hydrogens (tertiary/aromatic N) is 1. The van der Waals surface area contributed by atoms with Crippen molar-refractivity contribution in [3.05, 3.63) is 95.3 Å². The first kappa shape index (κ1) is 19.6. The summed E-state index contributed by atoms with van der Waals surface area (Å²) in [5, 5.41) is 10.1. The van der Waals surface area contributed by atoms with Crippen molar-refractivity contribution in [2.75, 3.05) is 11.4 Å². The zero-order valence-corrected chi connectivity index (χ0v) is 15.9. The summed E-state index contributed by atoms with van der Waals surface area (Å²) in [5.74, 6) is 0.0413. The van der Waals surface area contributed by atoms with Gasteiger partial charge in [0.2, 0.25) is 6.41 Å². The number of rotatable bonds is 8. The van der Waals surface area contributed by atoms with E-state index in [0.29, 0.717) is 12.2 Å². The molecule has 1 N–H and O–H groups in total. The number of benzene rings is 3. The van der Waals surface area contributed by atoms with Crippen molar-refractivity contribution in [1.82, 2.24) is 0 Å². The number of anilines is 1. The first-order valence-corrected chi connectivity index (χ1v) is 9.44. The molecule has 3 aromatic rings. The number of halogens is 1. The van der Waals surface area contributed by atoms with Crippen molar-refractivity contribution in [2.45, 2.75) is 25.7 Å². The van der Waals surface area contributed by atoms with Gasteiger partial charge in [0, 0.05) is 6.54 Å². The molecule has 0 radical (unpaired) electrons. The fraction of sp³-hybridized carbons (Fsp3) is 0.208. The van der Waals surface area contributed by atoms with E-state index >= 15 is 0 Å². The molecule has 0 aliphatic carbocycles. The Morgan fingerprint density at radius 1 is 0.964 bits per heavy atom. The molecule has 0 aliphatic heterocycles. The molecule has 0 bridgehead atoms. The maximum atomic E-state index is 13.3. The number of phenols is 1. The molecule has 0 fully saturated rings. The Morgan fingerprint density at radius 2 is 1.61 bits per heavy atom. The monoisotopic (exact) mass is 377 g/mol. The Morgan fingerprint density at radius 3 is 2.25 bits per heavy atom. The van der Waals surface area contributed by atoms with Crippen LogP contribution >= 0.6 is 0 Å². The summed E-state index contributed by atoms with van der Waals surface area (Å²) in [6.07, 6.45) is 2.24. The lowest BCUT2D eigenvalue weighted by Gasteiger charge is -2.21. The SMILES string of the molecule is CCN(C=O)c1cc(CC(Cc2ccc(F)cc2)c2ccccc2)ccc1O. The summed E-state index contributed by atoms with van der Waals surface area (Å²) in [4.78, 5) is 12.8. The van der Waals surface area contributed by atoms with Crippen LogP contribution in [0.25, 0.3) is 0 Å². The average molecular weight is 377 g/mol. The lowest BCUT2D eigenvalue weighted by molar-refractivity contribution is -0.107. The van der Waals surface area contributed by atoms with Gasteiger partial charge >= 0.3 is 0 Å². The molecule has 1 atom stereocenters. The summed E-state index contributed by atoms with van der Waals surface area (Å²) in [5.41, 5.74) is 3.81. The number of phenolic OH excluding ortho intramolecular Hbond substituents is 1. The molecule has 0 spiro atoms. The summed E-state index contributed by atoms with van der Waals surface area (Å²) < 4.78 is 13.3. The molecule has 0 saturated carbocycles. The molecule has 0 heterocycles. The van der Waals surface area contributed by atoms with Crippen LogP contribution in [-0.2, 0) is 17.6 Å². The van der Waals surface area contributed by atoms with Crippen LogP contribution in [0.2, 0.25) is 0 Å². The molecule has 28 heavy (non-hydrogen) atoms. The van der Waals surface area contributed by atoms with Gasteiger partial charge in [-0.05, 0) is 66.6 Å². The molecule has 4 heteroatoms. The summed E-state index contributed by atoms with van der Waals surface area (Å²) in [6.45, 7) is 2.35. The smallest absolute Gasteiger partial charge is 0.214 e. The van der Waals surface area contributed by atoms with E-state index in [-0.39, 0.29) is 17.5 Å². The quantitative estimate of drug-likeness (QED) is 0.556. The third-order valence-corrected chi connectivity index (χ3v) is 4.97. The Labute approximate surface area is 165 Å². The molecule has 3 aromatic carbocycles. The number of carbonyl (C=O) groups excluding carboxylic acids is 1. The minimum atomic E-state index is -0.239. The predicted molar refractivity (Wildman–Crippen MR) is 110 cm³/mol. The van der Waals surface area contributed by atoms with Gasteiger partial charge in [-0.1, -0.05) is 48.5 Å². The first-order valence-electron chi connectivity index (χ1n) is 9.44. The second-order valence-corrected chi connectivity index (χ2v) is 6.86. The zero-order valence-electron chi connectivity index (χ0n) is 15.9.